The van der Waals surface area contributed by atoms with Crippen molar-refractivity contribution in [1.29, 1.82) is 0 Å². The smallest absolute Gasteiger partial charge is 0.246 e. The van der Waals surface area contributed by atoms with Crippen LogP contribution in [0.25, 0.3) is 10.9 Å². The summed E-state index contributed by atoms with van der Waals surface area (Å²) in [4.78, 5) is 30.0. The number of amides is 2. The Hall–Kier alpha value is -2.30. The van der Waals surface area contributed by atoms with Crippen molar-refractivity contribution in [2.75, 3.05) is 6.54 Å². The first-order valence-corrected chi connectivity index (χ1v) is 9.45. The molecular formula is C21H29N3O2. The predicted octanol–water partition coefficient (Wildman–Crippen LogP) is 3.40. The van der Waals surface area contributed by atoms with E-state index in [1.807, 2.05) is 45.2 Å². The summed E-state index contributed by atoms with van der Waals surface area (Å²) in [7, 11) is 0. The molecule has 0 bridgehead atoms. The Labute approximate surface area is 155 Å². The van der Waals surface area contributed by atoms with Gasteiger partial charge in [0.2, 0.25) is 12.3 Å². The summed E-state index contributed by atoms with van der Waals surface area (Å²) >= 11 is 0. The molecule has 1 aliphatic rings. The molecule has 0 unspecified atom stereocenters. The number of fused-ring (bicyclic) bond motifs is 1. The third-order valence-electron chi connectivity index (χ3n) is 5.32. The molecule has 1 aromatic heterocycles. The maximum Gasteiger partial charge on any atom is 0.246 e. The molecule has 0 radical (unpaired) electrons. The molecule has 1 aromatic carbocycles. The highest BCUT2D eigenvalue weighted by molar-refractivity contribution is 5.89. The first-order chi connectivity index (χ1) is 12.4. The van der Waals surface area contributed by atoms with Crippen LogP contribution in [0, 0.1) is 0 Å². The van der Waals surface area contributed by atoms with Gasteiger partial charge in [0.05, 0.1) is 0 Å². The van der Waals surface area contributed by atoms with Gasteiger partial charge in [-0.1, -0.05) is 31.0 Å². The van der Waals surface area contributed by atoms with Crippen molar-refractivity contribution >= 4 is 23.2 Å². The summed E-state index contributed by atoms with van der Waals surface area (Å²) in [5.74, 6) is -0.0199. The SMILES string of the molecule is CC(C)(C)NC(=O)C1(N(C=O)CCc2c[nH]c3ccccc23)CCCC1. The van der Waals surface area contributed by atoms with Gasteiger partial charge in [0.25, 0.3) is 0 Å². The van der Waals surface area contributed by atoms with Gasteiger partial charge in [-0.3, -0.25) is 9.59 Å². The maximum atomic E-state index is 13.0. The molecule has 2 amide bonds. The van der Waals surface area contributed by atoms with Gasteiger partial charge >= 0.3 is 0 Å². The van der Waals surface area contributed by atoms with Crippen LogP contribution in [0.5, 0.6) is 0 Å². The molecule has 1 aliphatic carbocycles. The largest absolute Gasteiger partial charge is 0.361 e. The Morgan fingerprint density at radius 2 is 1.96 bits per heavy atom. The third kappa shape index (κ3) is 3.62. The topological polar surface area (TPSA) is 65.2 Å². The molecule has 1 fully saturated rings. The third-order valence-corrected chi connectivity index (χ3v) is 5.32. The van der Waals surface area contributed by atoms with E-state index >= 15 is 0 Å². The van der Waals surface area contributed by atoms with Gasteiger partial charge in [0, 0.05) is 29.2 Å². The Bertz CT molecular complexity index is 782. The van der Waals surface area contributed by atoms with E-state index in [9.17, 15) is 9.59 Å². The van der Waals surface area contributed by atoms with Gasteiger partial charge in [0.15, 0.2) is 0 Å². The number of nitrogens with zero attached hydrogens (tertiary/aromatic N) is 1. The molecule has 0 spiro atoms. The van der Waals surface area contributed by atoms with E-state index in [0.29, 0.717) is 6.54 Å². The Morgan fingerprint density at radius 3 is 2.62 bits per heavy atom. The minimum atomic E-state index is -0.707. The van der Waals surface area contributed by atoms with E-state index in [2.05, 4.69) is 16.4 Å². The van der Waals surface area contributed by atoms with Crippen LogP contribution in [-0.2, 0) is 16.0 Å². The second-order valence-corrected chi connectivity index (χ2v) is 8.35. The molecule has 0 aliphatic heterocycles. The van der Waals surface area contributed by atoms with Crippen molar-refractivity contribution in [2.45, 2.75) is 64.0 Å². The van der Waals surface area contributed by atoms with E-state index in [1.165, 1.54) is 10.9 Å². The number of para-hydroxylation sites is 1. The standard InChI is InChI=1S/C21H29N3O2/c1-20(2,3)23-19(26)21(11-6-7-12-21)24(15-25)13-10-16-14-22-18-9-5-4-8-17(16)18/h4-5,8-9,14-15,22H,6-7,10-13H2,1-3H3,(H,23,26). The van der Waals surface area contributed by atoms with Crippen LogP contribution < -0.4 is 5.32 Å². The summed E-state index contributed by atoms with van der Waals surface area (Å²) in [5.41, 5.74) is 1.26. The zero-order valence-electron chi connectivity index (χ0n) is 16.0. The van der Waals surface area contributed by atoms with Crippen molar-refractivity contribution < 1.29 is 9.59 Å². The van der Waals surface area contributed by atoms with E-state index < -0.39 is 5.54 Å². The van der Waals surface area contributed by atoms with Crippen LogP contribution in [-0.4, -0.2) is 39.8 Å². The molecule has 140 valence electrons. The number of carbonyl (C=O) groups excluding carboxylic acids is 2. The lowest BCUT2D eigenvalue weighted by molar-refractivity contribution is -0.141. The van der Waals surface area contributed by atoms with Crippen LogP contribution in [0.3, 0.4) is 0 Å². The number of H-pyrrole nitrogens is 1. The lowest BCUT2D eigenvalue weighted by atomic mass is 9.92. The zero-order chi connectivity index (χ0) is 18.8. The van der Waals surface area contributed by atoms with Crippen molar-refractivity contribution in [3.05, 3.63) is 36.0 Å². The number of carbonyl (C=O) groups is 2. The lowest BCUT2D eigenvalue weighted by Crippen LogP contribution is -2.60. The second-order valence-electron chi connectivity index (χ2n) is 8.35. The van der Waals surface area contributed by atoms with Gasteiger partial charge in [-0.15, -0.1) is 0 Å². The number of hydrogen-bond donors (Lipinski definition) is 2. The molecule has 1 heterocycles. The van der Waals surface area contributed by atoms with E-state index in [-0.39, 0.29) is 11.4 Å². The number of aromatic amines is 1. The molecule has 2 aromatic rings. The number of nitrogens with one attached hydrogen (secondary N) is 2. The quantitative estimate of drug-likeness (QED) is 0.780. The Morgan fingerprint density at radius 1 is 1.27 bits per heavy atom. The minimum absolute atomic E-state index is 0.0199. The monoisotopic (exact) mass is 355 g/mol. The molecule has 2 N–H and O–H groups in total. The molecule has 0 atom stereocenters. The summed E-state index contributed by atoms with van der Waals surface area (Å²) in [5, 5.41) is 4.27. The minimum Gasteiger partial charge on any atom is -0.361 e. The summed E-state index contributed by atoms with van der Waals surface area (Å²) < 4.78 is 0. The predicted molar refractivity (Wildman–Crippen MR) is 104 cm³/mol. The van der Waals surface area contributed by atoms with Gasteiger partial charge < -0.3 is 15.2 Å². The number of aromatic nitrogens is 1. The summed E-state index contributed by atoms with van der Waals surface area (Å²) in [6.07, 6.45) is 7.03. The van der Waals surface area contributed by atoms with Crippen molar-refractivity contribution in [3.63, 3.8) is 0 Å². The molecule has 1 saturated carbocycles. The lowest BCUT2D eigenvalue weighted by Gasteiger charge is -2.39. The van der Waals surface area contributed by atoms with Crippen molar-refractivity contribution in [1.82, 2.24) is 15.2 Å². The van der Waals surface area contributed by atoms with Crippen LogP contribution in [0.2, 0.25) is 0 Å². The van der Waals surface area contributed by atoms with Gasteiger partial charge in [-0.05, 0) is 51.7 Å². The molecule has 26 heavy (non-hydrogen) atoms. The average molecular weight is 355 g/mol. The second kappa shape index (κ2) is 7.14. The first-order valence-electron chi connectivity index (χ1n) is 9.45. The fourth-order valence-corrected chi connectivity index (χ4v) is 4.01. The number of rotatable bonds is 6. The fourth-order valence-electron chi connectivity index (χ4n) is 4.01. The highest BCUT2D eigenvalue weighted by Crippen LogP contribution is 2.35. The summed E-state index contributed by atoms with van der Waals surface area (Å²) in [6.45, 7) is 6.48. The molecule has 0 saturated heterocycles. The highest BCUT2D eigenvalue weighted by Gasteiger charge is 2.46. The van der Waals surface area contributed by atoms with Gasteiger partial charge in [-0.25, -0.2) is 0 Å². The first kappa shape index (κ1) is 18.5. The zero-order valence-corrected chi connectivity index (χ0v) is 16.0. The molecular weight excluding hydrogens is 326 g/mol. The number of benzene rings is 1. The fraction of sp³-hybridized carbons (Fsp3) is 0.524. The van der Waals surface area contributed by atoms with E-state index in [4.69, 9.17) is 0 Å². The van der Waals surface area contributed by atoms with Gasteiger partial charge in [-0.2, -0.15) is 0 Å². The normalized spacial score (nSPS) is 16.6. The van der Waals surface area contributed by atoms with Crippen LogP contribution >= 0.6 is 0 Å². The van der Waals surface area contributed by atoms with Crippen molar-refractivity contribution in [3.8, 4) is 0 Å². The average Bonchev–Trinajstić information content (AvgIpc) is 3.22. The van der Waals surface area contributed by atoms with Crippen LogP contribution in [0.15, 0.2) is 30.5 Å². The van der Waals surface area contributed by atoms with E-state index in [1.54, 1.807) is 4.90 Å². The Balaban J connectivity index is 1.79. The summed E-state index contributed by atoms with van der Waals surface area (Å²) in [6, 6.07) is 8.16. The molecule has 5 nitrogen and oxygen atoms in total. The Kier molecular flexibility index (Phi) is 5.08. The molecule has 5 heteroatoms. The van der Waals surface area contributed by atoms with Crippen LogP contribution in [0.4, 0.5) is 0 Å². The molecule has 3 rings (SSSR count). The highest BCUT2D eigenvalue weighted by atomic mass is 16.2. The number of hydrogen-bond acceptors (Lipinski definition) is 2. The van der Waals surface area contributed by atoms with Gasteiger partial charge in [0.1, 0.15) is 5.54 Å². The maximum absolute atomic E-state index is 13.0. The van der Waals surface area contributed by atoms with E-state index in [0.717, 1.165) is 44.0 Å². The van der Waals surface area contributed by atoms with Crippen LogP contribution in [0.1, 0.15) is 52.0 Å². The van der Waals surface area contributed by atoms with Crippen molar-refractivity contribution in [2.24, 2.45) is 0 Å².